The van der Waals surface area contributed by atoms with E-state index in [1.807, 2.05) is 0 Å². The van der Waals surface area contributed by atoms with Crippen molar-refractivity contribution in [2.75, 3.05) is 9.80 Å². The lowest BCUT2D eigenvalue weighted by atomic mass is 9.96. The minimum absolute atomic E-state index is 0.0882. The van der Waals surface area contributed by atoms with E-state index in [2.05, 4.69) is 9.97 Å². The fourth-order valence-corrected chi connectivity index (χ4v) is 4.32. The molecule has 9 nitrogen and oxygen atoms in total. The summed E-state index contributed by atoms with van der Waals surface area (Å²) in [6.07, 6.45) is 2.95. The molecule has 172 valence electrons. The van der Waals surface area contributed by atoms with Gasteiger partial charge in [-0.15, -0.1) is 0 Å². The van der Waals surface area contributed by atoms with Gasteiger partial charge in [0.2, 0.25) is 0 Å². The molecule has 2 aromatic heterocycles. The number of amides is 4. The summed E-state index contributed by atoms with van der Waals surface area (Å²) >= 11 is 0. The highest BCUT2D eigenvalue weighted by Crippen LogP contribution is 2.30. The van der Waals surface area contributed by atoms with Crippen molar-refractivity contribution in [3.63, 3.8) is 0 Å². The summed E-state index contributed by atoms with van der Waals surface area (Å²) in [5.74, 6) is -2.29. The number of carbonyl (C=O) groups is 5. The molecule has 4 aromatic rings. The number of aromatic nitrogens is 2. The van der Waals surface area contributed by atoms with Gasteiger partial charge in [-0.3, -0.25) is 24.0 Å². The number of hydrogen-bond acceptors (Lipinski definition) is 7. The summed E-state index contributed by atoms with van der Waals surface area (Å²) in [4.78, 5) is 74.9. The first-order valence-electron chi connectivity index (χ1n) is 10.9. The molecule has 4 heterocycles. The van der Waals surface area contributed by atoms with Gasteiger partial charge in [0.05, 0.1) is 22.3 Å². The summed E-state index contributed by atoms with van der Waals surface area (Å²) in [6, 6.07) is 18.2. The molecule has 0 spiro atoms. The zero-order chi connectivity index (χ0) is 25.0. The molecule has 0 aliphatic carbocycles. The molecule has 0 atom stereocenters. The van der Waals surface area contributed by atoms with Gasteiger partial charge in [0.25, 0.3) is 23.6 Å². The van der Waals surface area contributed by atoms with Gasteiger partial charge >= 0.3 is 0 Å². The second kappa shape index (κ2) is 7.88. The maximum Gasteiger partial charge on any atom is 0.267 e. The fraction of sp³-hybridized carbons (Fsp3) is 0. The maximum atomic E-state index is 13.3. The average Bonchev–Trinajstić information content (AvgIpc) is 3.32. The van der Waals surface area contributed by atoms with E-state index in [-0.39, 0.29) is 45.0 Å². The first kappa shape index (κ1) is 21.2. The Morgan fingerprint density at radius 1 is 0.528 bits per heavy atom. The van der Waals surface area contributed by atoms with E-state index in [9.17, 15) is 24.0 Å². The van der Waals surface area contributed by atoms with E-state index >= 15 is 0 Å². The molecule has 2 aliphatic heterocycles. The number of fused-ring (bicyclic) bond motifs is 2. The van der Waals surface area contributed by atoms with E-state index in [4.69, 9.17) is 0 Å². The van der Waals surface area contributed by atoms with E-state index in [0.717, 1.165) is 9.80 Å². The van der Waals surface area contributed by atoms with Crippen LogP contribution in [0.5, 0.6) is 0 Å². The molecule has 4 amide bonds. The van der Waals surface area contributed by atoms with Crippen molar-refractivity contribution in [2.45, 2.75) is 0 Å². The van der Waals surface area contributed by atoms with Crippen LogP contribution in [0, 0.1) is 0 Å². The number of pyridine rings is 2. The van der Waals surface area contributed by atoms with Gasteiger partial charge in [-0.25, -0.2) is 19.8 Å². The monoisotopic (exact) mass is 474 g/mol. The van der Waals surface area contributed by atoms with Gasteiger partial charge in [-0.2, -0.15) is 0 Å². The van der Waals surface area contributed by atoms with Gasteiger partial charge in [0.1, 0.15) is 11.6 Å². The molecule has 36 heavy (non-hydrogen) atoms. The zero-order valence-corrected chi connectivity index (χ0v) is 18.4. The highest BCUT2D eigenvalue weighted by atomic mass is 16.2. The minimum atomic E-state index is -0.580. The van der Waals surface area contributed by atoms with Crippen molar-refractivity contribution < 1.29 is 24.0 Å². The zero-order valence-electron chi connectivity index (χ0n) is 18.4. The number of benzene rings is 2. The summed E-state index contributed by atoms with van der Waals surface area (Å²) < 4.78 is 0. The third-order valence-corrected chi connectivity index (χ3v) is 6.05. The van der Waals surface area contributed by atoms with E-state index in [0.29, 0.717) is 0 Å². The van der Waals surface area contributed by atoms with Crippen LogP contribution in [-0.2, 0) is 0 Å². The largest absolute Gasteiger partial charge is 0.289 e. The van der Waals surface area contributed by atoms with Crippen molar-refractivity contribution in [1.82, 2.24) is 9.97 Å². The molecular formula is C27H14N4O5. The Hall–Kier alpha value is -5.31. The number of rotatable bonds is 4. The predicted octanol–water partition coefficient (Wildman–Crippen LogP) is 3.31. The van der Waals surface area contributed by atoms with Crippen LogP contribution >= 0.6 is 0 Å². The molecule has 0 radical (unpaired) electrons. The van der Waals surface area contributed by atoms with E-state index in [1.54, 1.807) is 36.4 Å². The quantitative estimate of drug-likeness (QED) is 0.329. The third kappa shape index (κ3) is 3.07. The third-order valence-electron chi connectivity index (χ3n) is 6.05. The van der Waals surface area contributed by atoms with Crippen LogP contribution in [0.3, 0.4) is 0 Å². The first-order chi connectivity index (χ1) is 17.5. The van der Waals surface area contributed by atoms with Crippen LogP contribution in [0.1, 0.15) is 57.4 Å². The number of anilines is 2. The van der Waals surface area contributed by atoms with Crippen LogP contribution in [0.25, 0.3) is 0 Å². The molecule has 0 saturated heterocycles. The number of nitrogens with zero attached hydrogens (tertiary/aromatic N) is 4. The lowest BCUT2D eigenvalue weighted by Crippen LogP contribution is -2.30. The van der Waals surface area contributed by atoms with Crippen LogP contribution in [0.15, 0.2) is 85.2 Å². The summed E-state index contributed by atoms with van der Waals surface area (Å²) in [5.41, 5.74) is 0.841. The molecule has 0 saturated carbocycles. The maximum absolute atomic E-state index is 13.3. The van der Waals surface area contributed by atoms with E-state index < -0.39 is 29.4 Å². The Balaban J connectivity index is 1.33. The molecule has 0 bridgehead atoms. The smallest absolute Gasteiger partial charge is 0.267 e. The van der Waals surface area contributed by atoms with Crippen LogP contribution in [0.2, 0.25) is 0 Å². The van der Waals surface area contributed by atoms with Crippen molar-refractivity contribution in [3.05, 3.63) is 119 Å². The topological polar surface area (TPSA) is 118 Å². The minimum Gasteiger partial charge on any atom is -0.289 e. The molecule has 0 unspecified atom stereocenters. The van der Waals surface area contributed by atoms with Gasteiger partial charge in [0.15, 0.2) is 5.78 Å². The summed E-state index contributed by atoms with van der Waals surface area (Å²) in [7, 11) is 0. The Morgan fingerprint density at radius 2 is 0.944 bits per heavy atom. The van der Waals surface area contributed by atoms with Crippen molar-refractivity contribution in [3.8, 4) is 0 Å². The van der Waals surface area contributed by atoms with Crippen LogP contribution < -0.4 is 9.80 Å². The summed E-state index contributed by atoms with van der Waals surface area (Å²) in [6.45, 7) is 0. The lowest BCUT2D eigenvalue weighted by molar-refractivity contribution is 0.0909. The Labute approximate surface area is 203 Å². The lowest BCUT2D eigenvalue weighted by Gasteiger charge is -2.11. The Morgan fingerprint density at radius 3 is 1.33 bits per heavy atom. The molecule has 0 fully saturated rings. The second-order valence-corrected chi connectivity index (χ2v) is 8.12. The molecule has 2 aromatic carbocycles. The SMILES string of the molecule is O=C(c1ccc2c(c1)C(=O)N(c1ccccn1)C2=O)c1ccc2c(c1)C(=O)N(c1ccccn1)C2=O. The molecule has 0 N–H and O–H groups in total. The highest BCUT2D eigenvalue weighted by Gasteiger charge is 2.39. The van der Waals surface area contributed by atoms with Crippen molar-refractivity contribution in [1.29, 1.82) is 0 Å². The van der Waals surface area contributed by atoms with Gasteiger partial charge in [-0.1, -0.05) is 24.3 Å². The highest BCUT2D eigenvalue weighted by molar-refractivity contribution is 6.35. The van der Waals surface area contributed by atoms with Crippen molar-refractivity contribution in [2.24, 2.45) is 0 Å². The number of imide groups is 2. The number of carbonyl (C=O) groups excluding carboxylic acids is 5. The standard InChI is InChI=1S/C27H14N4O5/c32-23(15-7-9-17-19(13-15)26(35)30(24(17)33)21-5-1-3-11-28-21)16-8-10-18-20(14-16)27(36)31(25(18)34)22-6-2-4-12-29-22/h1-14H. The predicted molar refractivity (Wildman–Crippen MR) is 127 cm³/mol. The normalized spacial score (nSPS) is 14.3. The van der Waals surface area contributed by atoms with Crippen molar-refractivity contribution >= 4 is 41.0 Å². The fourth-order valence-electron chi connectivity index (χ4n) is 4.32. The molecule has 6 rings (SSSR count). The molecule has 2 aliphatic rings. The first-order valence-corrected chi connectivity index (χ1v) is 10.9. The van der Waals surface area contributed by atoms with Gasteiger partial charge in [-0.05, 0) is 48.5 Å². The number of ketones is 1. The summed E-state index contributed by atoms with van der Waals surface area (Å²) in [5, 5.41) is 0. The number of hydrogen-bond donors (Lipinski definition) is 0. The van der Waals surface area contributed by atoms with Gasteiger partial charge in [0, 0.05) is 23.5 Å². The van der Waals surface area contributed by atoms with Crippen LogP contribution in [-0.4, -0.2) is 39.4 Å². The average molecular weight is 474 g/mol. The Bertz CT molecular complexity index is 1510. The van der Waals surface area contributed by atoms with Crippen LogP contribution in [0.4, 0.5) is 11.6 Å². The Kier molecular flexibility index (Phi) is 4.65. The molecular weight excluding hydrogens is 460 g/mol. The van der Waals surface area contributed by atoms with E-state index in [1.165, 1.54) is 48.8 Å². The second-order valence-electron chi connectivity index (χ2n) is 8.12. The van der Waals surface area contributed by atoms with Gasteiger partial charge < -0.3 is 0 Å². The molecule has 9 heteroatoms.